The van der Waals surface area contributed by atoms with E-state index in [9.17, 15) is 9.59 Å². The van der Waals surface area contributed by atoms with Gasteiger partial charge in [0.25, 0.3) is 0 Å². The maximum absolute atomic E-state index is 11.7. The second kappa shape index (κ2) is 6.75. The Hall–Kier alpha value is -1.89. The topological polar surface area (TPSA) is 110 Å². The van der Waals surface area contributed by atoms with Crippen LogP contribution in [0.15, 0.2) is 12.4 Å². The van der Waals surface area contributed by atoms with Crippen molar-refractivity contribution in [1.82, 2.24) is 9.78 Å². The number of anilines is 1. The average Bonchev–Trinajstić information content (AvgIpc) is 2.72. The van der Waals surface area contributed by atoms with Crippen LogP contribution in [-0.2, 0) is 16.1 Å². The number of carbonyl (C=O) groups excluding carboxylic acids is 1. The number of nitrogens with one attached hydrogen (secondary N) is 1. The molecule has 0 fully saturated rings. The molecular formula is C11H18N4O3. The molecule has 1 aromatic rings. The summed E-state index contributed by atoms with van der Waals surface area (Å²) in [5.41, 5.74) is 6.16. The number of aromatic nitrogens is 2. The number of unbranched alkanes of at least 4 members (excludes halogenated alkanes) is 1. The van der Waals surface area contributed by atoms with Crippen molar-refractivity contribution in [3.63, 3.8) is 0 Å². The largest absolute Gasteiger partial charge is 0.480 e. The molecule has 1 aromatic heterocycles. The third-order valence-electron chi connectivity index (χ3n) is 2.40. The zero-order valence-corrected chi connectivity index (χ0v) is 10.3. The number of nitrogens with two attached hydrogens (primary N) is 1. The summed E-state index contributed by atoms with van der Waals surface area (Å²) in [6.07, 6.45) is 5.36. The Balaban J connectivity index is 2.48. The Morgan fingerprint density at radius 1 is 1.61 bits per heavy atom. The van der Waals surface area contributed by atoms with Crippen molar-refractivity contribution in [2.75, 3.05) is 5.32 Å². The van der Waals surface area contributed by atoms with Gasteiger partial charge in [0.05, 0.1) is 17.9 Å². The number of aliphatic carboxylic acids is 1. The van der Waals surface area contributed by atoms with E-state index in [0.29, 0.717) is 12.1 Å². The first kappa shape index (κ1) is 14.2. The fourth-order valence-electron chi connectivity index (χ4n) is 1.44. The fraction of sp³-hybridized carbons (Fsp3) is 0.545. The SMILES string of the molecule is CCCC[C@H](N)C(=O)Nc1cnn(CC(=O)O)c1. The molecule has 0 aliphatic rings. The molecule has 18 heavy (non-hydrogen) atoms. The van der Waals surface area contributed by atoms with Crippen LogP contribution in [-0.4, -0.2) is 32.8 Å². The first-order chi connectivity index (χ1) is 8.52. The van der Waals surface area contributed by atoms with Gasteiger partial charge < -0.3 is 16.2 Å². The average molecular weight is 254 g/mol. The van der Waals surface area contributed by atoms with Crippen molar-refractivity contribution in [2.24, 2.45) is 5.73 Å². The molecule has 1 rings (SSSR count). The van der Waals surface area contributed by atoms with Gasteiger partial charge in [0.15, 0.2) is 0 Å². The van der Waals surface area contributed by atoms with E-state index in [1.807, 2.05) is 6.92 Å². The molecule has 0 saturated carbocycles. The minimum absolute atomic E-state index is 0.238. The molecule has 0 aliphatic carbocycles. The summed E-state index contributed by atoms with van der Waals surface area (Å²) in [5.74, 6) is -1.27. The molecule has 1 amide bonds. The fourth-order valence-corrected chi connectivity index (χ4v) is 1.44. The summed E-state index contributed by atoms with van der Waals surface area (Å²) >= 11 is 0. The first-order valence-corrected chi connectivity index (χ1v) is 5.83. The van der Waals surface area contributed by atoms with E-state index >= 15 is 0 Å². The van der Waals surface area contributed by atoms with Crippen molar-refractivity contribution < 1.29 is 14.7 Å². The third-order valence-corrected chi connectivity index (χ3v) is 2.40. The highest BCUT2D eigenvalue weighted by atomic mass is 16.4. The summed E-state index contributed by atoms with van der Waals surface area (Å²) in [6, 6.07) is -0.548. The second-order valence-corrected chi connectivity index (χ2v) is 4.06. The minimum Gasteiger partial charge on any atom is -0.480 e. The van der Waals surface area contributed by atoms with Crippen LogP contribution >= 0.6 is 0 Å². The van der Waals surface area contributed by atoms with Gasteiger partial charge in [-0.25, -0.2) is 0 Å². The van der Waals surface area contributed by atoms with Crippen molar-refractivity contribution in [3.8, 4) is 0 Å². The Kier molecular flexibility index (Phi) is 5.31. The zero-order valence-electron chi connectivity index (χ0n) is 10.3. The number of nitrogens with zero attached hydrogens (tertiary/aromatic N) is 2. The lowest BCUT2D eigenvalue weighted by Gasteiger charge is -2.09. The highest BCUT2D eigenvalue weighted by molar-refractivity contribution is 5.94. The van der Waals surface area contributed by atoms with Crippen molar-refractivity contribution in [3.05, 3.63) is 12.4 Å². The molecule has 4 N–H and O–H groups in total. The van der Waals surface area contributed by atoms with E-state index < -0.39 is 12.0 Å². The van der Waals surface area contributed by atoms with Crippen molar-refractivity contribution >= 4 is 17.6 Å². The van der Waals surface area contributed by atoms with E-state index in [-0.39, 0.29) is 12.5 Å². The van der Waals surface area contributed by atoms with Gasteiger partial charge in [-0.1, -0.05) is 19.8 Å². The Bertz CT molecular complexity index is 416. The monoisotopic (exact) mass is 254 g/mol. The quantitative estimate of drug-likeness (QED) is 0.653. The van der Waals surface area contributed by atoms with Gasteiger partial charge in [-0.2, -0.15) is 5.10 Å². The summed E-state index contributed by atoms with van der Waals surface area (Å²) < 4.78 is 1.23. The predicted octanol–water partition coefficient (Wildman–Crippen LogP) is 0.424. The van der Waals surface area contributed by atoms with Gasteiger partial charge in [-0.15, -0.1) is 0 Å². The Morgan fingerprint density at radius 3 is 2.94 bits per heavy atom. The molecule has 0 spiro atoms. The predicted molar refractivity (Wildman–Crippen MR) is 66.0 cm³/mol. The number of amides is 1. The molecule has 7 nitrogen and oxygen atoms in total. The molecule has 0 unspecified atom stereocenters. The minimum atomic E-state index is -0.990. The molecule has 0 radical (unpaired) electrons. The van der Waals surface area contributed by atoms with Crippen LogP contribution in [0, 0.1) is 0 Å². The number of carboxylic acids is 1. The van der Waals surface area contributed by atoms with Crippen LogP contribution in [0.2, 0.25) is 0 Å². The van der Waals surface area contributed by atoms with Crippen molar-refractivity contribution in [2.45, 2.75) is 38.8 Å². The van der Waals surface area contributed by atoms with E-state index in [1.54, 1.807) is 0 Å². The molecule has 1 atom stereocenters. The summed E-state index contributed by atoms with van der Waals surface area (Å²) in [7, 11) is 0. The van der Waals surface area contributed by atoms with E-state index in [0.717, 1.165) is 12.8 Å². The molecule has 0 aromatic carbocycles. The maximum atomic E-state index is 11.7. The van der Waals surface area contributed by atoms with Crippen LogP contribution in [0.1, 0.15) is 26.2 Å². The molecule has 1 heterocycles. The molecule has 100 valence electrons. The van der Waals surface area contributed by atoms with Crippen LogP contribution in [0.5, 0.6) is 0 Å². The summed E-state index contributed by atoms with van der Waals surface area (Å²) in [4.78, 5) is 22.1. The van der Waals surface area contributed by atoms with Gasteiger partial charge in [0.1, 0.15) is 6.54 Å². The molecule has 0 saturated heterocycles. The molecule has 0 aliphatic heterocycles. The highest BCUT2D eigenvalue weighted by Gasteiger charge is 2.13. The first-order valence-electron chi connectivity index (χ1n) is 5.83. The normalized spacial score (nSPS) is 12.1. The Morgan fingerprint density at radius 2 is 2.33 bits per heavy atom. The van der Waals surface area contributed by atoms with E-state index in [2.05, 4.69) is 10.4 Å². The van der Waals surface area contributed by atoms with Gasteiger partial charge in [-0.05, 0) is 6.42 Å². The van der Waals surface area contributed by atoms with Gasteiger partial charge in [0.2, 0.25) is 5.91 Å². The van der Waals surface area contributed by atoms with Crippen LogP contribution in [0.25, 0.3) is 0 Å². The zero-order chi connectivity index (χ0) is 13.5. The maximum Gasteiger partial charge on any atom is 0.325 e. The lowest BCUT2D eigenvalue weighted by Crippen LogP contribution is -2.35. The molecule has 0 bridgehead atoms. The third kappa shape index (κ3) is 4.54. The summed E-state index contributed by atoms with van der Waals surface area (Å²) in [5, 5.41) is 15.0. The lowest BCUT2D eigenvalue weighted by atomic mass is 10.1. The van der Waals surface area contributed by atoms with Gasteiger partial charge >= 0.3 is 5.97 Å². The van der Waals surface area contributed by atoms with Gasteiger partial charge in [-0.3, -0.25) is 14.3 Å². The number of hydrogen-bond acceptors (Lipinski definition) is 4. The number of carboxylic acid groups (broad SMARTS) is 1. The van der Waals surface area contributed by atoms with Crippen LogP contribution < -0.4 is 11.1 Å². The number of rotatable bonds is 7. The van der Waals surface area contributed by atoms with E-state index in [4.69, 9.17) is 10.8 Å². The smallest absolute Gasteiger partial charge is 0.325 e. The van der Waals surface area contributed by atoms with Crippen molar-refractivity contribution in [1.29, 1.82) is 0 Å². The highest BCUT2D eigenvalue weighted by Crippen LogP contribution is 2.07. The number of carbonyl (C=O) groups is 2. The molecule has 7 heteroatoms. The number of hydrogen-bond donors (Lipinski definition) is 3. The molecular weight excluding hydrogens is 236 g/mol. The standard InChI is InChI=1S/C11H18N4O3/c1-2-3-4-9(12)11(18)14-8-5-13-15(6-8)7-10(16)17/h5-6,9H,2-4,7,12H2,1H3,(H,14,18)(H,16,17)/t9-/m0/s1. The van der Waals surface area contributed by atoms with Gasteiger partial charge in [0, 0.05) is 6.20 Å². The van der Waals surface area contributed by atoms with E-state index in [1.165, 1.54) is 17.1 Å². The lowest BCUT2D eigenvalue weighted by molar-refractivity contribution is -0.137. The summed E-state index contributed by atoms with van der Waals surface area (Å²) in [6.45, 7) is 1.79. The van der Waals surface area contributed by atoms with Crippen LogP contribution in [0.3, 0.4) is 0 Å². The van der Waals surface area contributed by atoms with Crippen LogP contribution in [0.4, 0.5) is 5.69 Å². The Labute approximate surface area is 105 Å². The second-order valence-electron chi connectivity index (χ2n) is 4.06.